The Morgan fingerprint density at radius 2 is 0.971 bits per heavy atom. The number of aryl methyl sites for hydroxylation is 6. The summed E-state index contributed by atoms with van der Waals surface area (Å²) in [4.78, 5) is 4.77. The molecule has 0 aliphatic rings. The topological polar surface area (TPSA) is 69.6 Å². The molecule has 0 atom stereocenters. The molecule has 3 aromatic rings. The maximum absolute atomic E-state index is 4.82. The summed E-state index contributed by atoms with van der Waals surface area (Å²) in [7, 11) is 0. The van der Waals surface area contributed by atoms with Crippen LogP contribution in [0, 0.1) is 41.5 Å². The van der Waals surface area contributed by atoms with Crippen LogP contribution in [0.5, 0.6) is 0 Å². The van der Waals surface area contributed by atoms with E-state index >= 15 is 0 Å². The molecule has 0 saturated heterocycles. The summed E-state index contributed by atoms with van der Waals surface area (Å²) in [5.74, 6) is 0. The number of nitrogens with zero attached hydrogens (tertiary/aromatic N) is 3. The molecule has 1 heterocycles. The van der Waals surface area contributed by atoms with E-state index in [9.17, 15) is 0 Å². The molecule has 0 spiro atoms. The van der Waals surface area contributed by atoms with E-state index in [4.69, 9.17) is 38.8 Å². The second-order valence-electron chi connectivity index (χ2n) is 7.85. The van der Waals surface area contributed by atoms with Gasteiger partial charge in [0.25, 0.3) is 0 Å². The van der Waals surface area contributed by atoms with E-state index in [1.165, 1.54) is 33.4 Å². The van der Waals surface area contributed by atoms with Gasteiger partial charge in [0, 0.05) is 31.8 Å². The molecule has 8 heteroatoms. The molecule has 3 rings (SSSR count). The van der Waals surface area contributed by atoms with Gasteiger partial charge in [0.2, 0.25) is 0 Å². The van der Waals surface area contributed by atoms with Gasteiger partial charge in [0.1, 0.15) is 0 Å². The van der Waals surface area contributed by atoms with Gasteiger partial charge in [0.05, 0.1) is 5.34 Å². The van der Waals surface area contributed by atoms with Gasteiger partial charge in [-0.15, -0.1) is 34.6 Å². The predicted octanol–water partition coefficient (Wildman–Crippen LogP) is 5.65. The summed E-state index contributed by atoms with van der Waals surface area (Å²) in [5, 5.41) is 9.84. The fourth-order valence-electron chi connectivity index (χ4n) is 3.87. The summed E-state index contributed by atoms with van der Waals surface area (Å²) >= 11 is 9.53. The second-order valence-corrected chi connectivity index (χ2v) is 8.66. The molecule has 34 heavy (non-hydrogen) atoms. The molecule has 0 fully saturated rings. The molecule has 0 aliphatic heterocycles. The third-order valence-electron chi connectivity index (χ3n) is 4.93. The van der Waals surface area contributed by atoms with Gasteiger partial charge in [-0.05, 0) is 53.7 Å². The van der Waals surface area contributed by atoms with Gasteiger partial charge < -0.3 is 28.5 Å². The third-order valence-corrected chi connectivity index (χ3v) is 4.93. The quantitative estimate of drug-likeness (QED) is 0.308. The number of hydrogen-bond donors (Lipinski definition) is 0. The van der Waals surface area contributed by atoms with Crippen molar-refractivity contribution in [3.8, 4) is 0 Å². The molecule has 1 radical (unpaired) electrons. The molecule has 0 saturated carbocycles. The standard InChI is InChI=1S/C25H29N3.CH2Cl2.ClH.O.Re/c1-16-10-18(3)24(19(4)11-16)26-14-22-8-7-9-23(28-22)15-27-25-20(5)12-17(2)13-21(25)6;2-1-3;;;/h7-13H,14-15H2,1-6H3;1H2;1H;;/q-2;;;-2;/p-1. The van der Waals surface area contributed by atoms with Crippen molar-refractivity contribution in [2.24, 2.45) is 0 Å². The Bertz CT molecular complexity index is 909. The van der Waals surface area contributed by atoms with Crippen LogP contribution in [-0.2, 0) is 39.0 Å². The minimum absolute atomic E-state index is 0. The van der Waals surface area contributed by atoms with Gasteiger partial charge in [-0.1, -0.05) is 76.8 Å². The maximum atomic E-state index is 4.82. The fraction of sp³-hybridized carbons (Fsp3) is 0.346. The molecule has 2 aromatic carbocycles. The van der Waals surface area contributed by atoms with Gasteiger partial charge in [-0.3, -0.25) is 4.98 Å². The average Bonchev–Trinajstić information content (AvgIpc) is 2.67. The summed E-state index contributed by atoms with van der Waals surface area (Å²) in [6.07, 6.45) is 0. The Hall–Kier alpha value is -1.32. The Kier molecular flexibility index (Phi) is 17.6. The smallest absolute Gasteiger partial charge is 0.0967 e. The molecule has 4 nitrogen and oxygen atoms in total. The SMILES string of the molecule is Cc1cc(C)c([N-]Cc2cccc(C[N-]c3c(C)cc(C)cc3C)n2)c(C)c1.ClCCl.[Cl-].[O-2].[Re]. The summed E-state index contributed by atoms with van der Waals surface area (Å²) in [6.45, 7) is 13.9. The van der Waals surface area contributed by atoms with Crippen molar-refractivity contribution >= 4 is 34.6 Å². The van der Waals surface area contributed by atoms with Crippen LogP contribution in [0.2, 0.25) is 0 Å². The van der Waals surface area contributed by atoms with Crippen LogP contribution < -0.4 is 12.4 Å². The number of alkyl halides is 2. The molecular formula is C26H31Cl3N3ORe-5. The van der Waals surface area contributed by atoms with Gasteiger partial charge in [-0.25, -0.2) is 0 Å². The fourth-order valence-corrected chi connectivity index (χ4v) is 3.87. The van der Waals surface area contributed by atoms with Crippen LogP contribution in [0.4, 0.5) is 11.4 Å². The molecule has 0 amide bonds. The second kappa shape index (κ2) is 17.2. The number of hydrogen-bond acceptors (Lipinski definition) is 1. The van der Waals surface area contributed by atoms with Crippen molar-refractivity contribution in [1.82, 2.24) is 4.98 Å². The first-order valence-corrected chi connectivity index (χ1v) is 11.4. The third kappa shape index (κ3) is 10.5. The van der Waals surface area contributed by atoms with E-state index in [1.807, 2.05) is 18.2 Å². The largest absolute Gasteiger partial charge is 2.00 e. The van der Waals surface area contributed by atoms with Crippen molar-refractivity contribution in [2.75, 3.05) is 5.34 Å². The Morgan fingerprint density at radius 1 is 0.676 bits per heavy atom. The Balaban J connectivity index is 0. The number of aromatic nitrogens is 1. The summed E-state index contributed by atoms with van der Waals surface area (Å²) in [6, 6.07) is 14.8. The van der Waals surface area contributed by atoms with E-state index in [1.54, 1.807) is 0 Å². The van der Waals surface area contributed by atoms with E-state index < -0.39 is 0 Å². The normalized spacial score (nSPS) is 9.41. The zero-order valence-corrected chi connectivity index (χ0v) is 25.4. The zero-order valence-electron chi connectivity index (χ0n) is 20.4. The first kappa shape index (κ1) is 34.8. The average molecular weight is 694 g/mol. The number of pyridine rings is 1. The van der Waals surface area contributed by atoms with Crippen LogP contribution >= 0.6 is 23.2 Å². The first-order valence-electron chi connectivity index (χ1n) is 10.3. The molecule has 0 N–H and O–H groups in total. The Morgan fingerprint density at radius 3 is 1.26 bits per heavy atom. The molecular weight excluding hydrogens is 663 g/mol. The van der Waals surface area contributed by atoms with Crippen molar-refractivity contribution in [3.63, 3.8) is 0 Å². The molecule has 189 valence electrons. The van der Waals surface area contributed by atoms with E-state index in [0.29, 0.717) is 13.1 Å². The molecule has 0 aliphatic carbocycles. The number of rotatable bonds is 6. The van der Waals surface area contributed by atoms with Crippen LogP contribution in [0.1, 0.15) is 44.8 Å². The van der Waals surface area contributed by atoms with Crippen LogP contribution in [0.25, 0.3) is 10.6 Å². The van der Waals surface area contributed by atoms with Gasteiger partial charge in [0.15, 0.2) is 0 Å². The van der Waals surface area contributed by atoms with Crippen molar-refractivity contribution < 1.29 is 38.3 Å². The monoisotopic (exact) mass is 693 g/mol. The van der Waals surface area contributed by atoms with Crippen LogP contribution in [-0.4, -0.2) is 10.3 Å². The zero-order chi connectivity index (χ0) is 23.0. The van der Waals surface area contributed by atoms with Gasteiger partial charge >= 0.3 is 0 Å². The molecule has 1 aromatic heterocycles. The van der Waals surface area contributed by atoms with E-state index in [2.05, 4.69) is 65.8 Å². The molecule has 0 bridgehead atoms. The van der Waals surface area contributed by atoms with Gasteiger partial charge in [-0.2, -0.15) is 0 Å². The first-order chi connectivity index (χ1) is 14.7. The minimum Gasteiger partial charge on any atom is -2.00 e. The van der Waals surface area contributed by atoms with E-state index in [0.717, 1.165) is 22.8 Å². The van der Waals surface area contributed by atoms with Crippen molar-refractivity contribution in [3.05, 3.63) is 97.9 Å². The van der Waals surface area contributed by atoms with Crippen LogP contribution in [0.15, 0.2) is 42.5 Å². The number of halogens is 3. The number of benzene rings is 2. The molecule has 0 unspecified atom stereocenters. The van der Waals surface area contributed by atoms with Crippen molar-refractivity contribution in [2.45, 2.75) is 54.6 Å². The van der Waals surface area contributed by atoms with Crippen LogP contribution in [0.3, 0.4) is 0 Å². The maximum Gasteiger partial charge on any atom is 0.0967 e. The van der Waals surface area contributed by atoms with E-state index in [-0.39, 0.29) is 43.6 Å². The summed E-state index contributed by atoms with van der Waals surface area (Å²) in [5.41, 5.74) is 11.5. The Labute approximate surface area is 234 Å². The summed E-state index contributed by atoms with van der Waals surface area (Å²) < 4.78 is 0. The predicted molar refractivity (Wildman–Crippen MR) is 136 cm³/mol. The van der Waals surface area contributed by atoms with Crippen molar-refractivity contribution in [1.29, 1.82) is 0 Å². The minimum atomic E-state index is 0.